The van der Waals surface area contributed by atoms with E-state index in [1.54, 1.807) is 0 Å². The van der Waals surface area contributed by atoms with Crippen LogP contribution in [0.1, 0.15) is 27.2 Å². The maximum Gasteiger partial charge on any atom is 0.0107 e. The zero-order valence-electron chi connectivity index (χ0n) is 7.98. The van der Waals surface area contributed by atoms with Crippen LogP contribution in [-0.2, 0) is 0 Å². The second-order valence-electron chi connectivity index (χ2n) is 4.37. The lowest BCUT2D eigenvalue weighted by Crippen LogP contribution is -2.45. The molecule has 0 aromatic rings. The van der Waals surface area contributed by atoms with E-state index in [1.165, 1.54) is 26.1 Å². The number of nitrogens with zero attached hydrogens (tertiary/aromatic N) is 1. The minimum absolute atomic E-state index is 0.283. The summed E-state index contributed by atoms with van der Waals surface area (Å²) in [4.78, 5) is 2.48. The predicted octanol–water partition coefficient (Wildman–Crippen LogP) is 1.08. The average Bonchev–Trinajstić information content (AvgIpc) is 1.73. The zero-order valence-corrected chi connectivity index (χ0v) is 7.98. The lowest BCUT2D eigenvalue weighted by molar-refractivity contribution is 0.177. The van der Waals surface area contributed by atoms with Gasteiger partial charge in [-0.05, 0) is 40.3 Å². The first-order chi connectivity index (χ1) is 5.08. The summed E-state index contributed by atoms with van der Waals surface area (Å²) in [6.07, 6.45) is 1.40. The van der Waals surface area contributed by atoms with Crippen LogP contribution in [0.5, 0.6) is 0 Å². The van der Waals surface area contributed by atoms with Gasteiger partial charge in [0, 0.05) is 18.6 Å². The Morgan fingerprint density at radius 2 is 1.91 bits per heavy atom. The van der Waals surface area contributed by atoms with Crippen LogP contribution in [0.25, 0.3) is 0 Å². The first-order valence-electron chi connectivity index (χ1n) is 4.55. The Balaban J connectivity index is 1.95. The van der Waals surface area contributed by atoms with Crippen molar-refractivity contribution in [2.24, 2.45) is 0 Å². The van der Waals surface area contributed by atoms with Gasteiger partial charge in [0.05, 0.1) is 0 Å². The maximum absolute atomic E-state index is 3.48. The fourth-order valence-corrected chi connectivity index (χ4v) is 1.19. The van der Waals surface area contributed by atoms with Crippen molar-refractivity contribution in [3.05, 3.63) is 0 Å². The highest BCUT2D eigenvalue weighted by atomic mass is 15.2. The zero-order chi connectivity index (χ0) is 8.32. The molecule has 1 aliphatic rings. The minimum atomic E-state index is 0.283. The molecule has 1 aliphatic heterocycles. The molecule has 1 N–H and O–H groups in total. The summed E-state index contributed by atoms with van der Waals surface area (Å²) in [5.74, 6) is 0. The van der Waals surface area contributed by atoms with Gasteiger partial charge in [-0.25, -0.2) is 0 Å². The number of likely N-dealkylation sites (tertiary alicyclic amines) is 1. The van der Waals surface area contributed by atoms with E-state index < -0.39 is 0 Å². The van der Waals surface area contributed by atoms with E-state index in [0.717, 1.165) is 6.54 Å². The van der Waals surface area contributed by atoms with E-state index in [0.29, 0.717) is 0 Å². The molecule has 1 rings (SSSR count). The topological polar surface area (TPSA) is 15.3 Å². The molecular weight excluding hydrogens is 136 g/mol. The summed E-state index contributed by atoms with van der Waals surface area (Å²) in [6, 6.07) is 0. The van der Waals surface area contributed by atoms with Gasteiger partial charge in [-0.3, -0.25) is 0 Å². The molecule has 0 radical (unpaired) electrons. The summed E-state index contributed by atoms with van der Waals surface area (Å²) >= 11 is 0. The molecule has 1 saturated heterocycles. The van der Waals surface area contributed by atoms with Gasteiger partial charge < -0.3 is 10.2 Å². The van der Waals surface area contributed by atoms with Crippen molar-refractivity contribution in [1.82, 2.24) is 10.2 Å². The standard InChI is InChI=1S/C9H20N2/c1-9(2,3)10-5-8-11-6-4-7-11/h10H,4-8H2,1-3H3. The quantitative estimate of drug-likeness (QED) is 0.658. The van der Waals surface area contributed by atoms with E-state index in [1.807, 2.05) is 0 Å². The third-order valence-electron chi connectivity index (χ3n) is 2.03. The highest BCUT2D eigenvalue weighted by molar-refractivity contribution is 4.74. The Morgan fingerprint density at radius 3 is 2.27 bits per heavy atom. The summed E-state index contributed by atoms with van der Waals surface area (Å²) in [7, 11) is 0. The fraction of sp³-hybridized carbons (Fsp3) is 1.00. The molecule has 0 atom stereocenters. The molecule has 0 aromatic heterocycles. The van der Waals surface area contributed by atoms with Gasteiger partial charge in [-0.2, -0.15) is 0 Å². The highest BCUT2D eigenvalue weighted by Gasteiger charge is 2.14. The van der Waals surface area contributed by atoms with Crippen molar-refractivity contribution >= 4 is 0 Å². The molecular formula is C9H20N2. The monoisotopic (exact) mass is 156 g/mol. The van der Waals surface area contributed by atoms with Crippen LogP contribution in [0.3, 0.4) is 0 Å². The van der Waals surface area contributed by atoms with Gasteiger partial charge in [-0.15, -0.1) is 0 Å². The van der Waals surface area contributed by atoms with Crippen molar-refractivity contribution in [2.45, 2.75) is 32.7 Å². The van der Waals surface area contributed by atoms with E-state index in [4.69, 9.17) is 0 Å². The molecule has 0 amide bonds. The van der Waals surface area contributed by atoms with Gasteiger partial charge in [0.1, 0.15) is 0 Å². The summed E-state index contributed by atoms with van der Waals surface area (Å²) in [5.41, 5.74) is 0.283. The normalized spacial score (nSPS) is 19.9. The molecule has 2 nitrogen and oxygen atoms in total. The van der Waals surface area contributed by atoms with E-state index in [2.05, 4.69) is 31.0 Å². The molecule has 0 saturated carbocycles. The van der Waals surface area contributed by atoms with Crippen molar-refractivity contribution in [3.63, 3.8) is 0 Å². The average molecular weight is 156 g/mol. The van der Waals surface area contributed by atoms with Gasteiger partial charge in [-0.1, -0.05) is 0 Å². The van der Waals surface area contributed by atoms with Crippen LogP contribution in [0.15, 0.2) is 0 Å². The van der Waals surface area contributed by atoms with Gasteiger partial charge in [0.15, 0.2) is 0 Å². The third-order valence-corrected chi connectivity index (χ3v) is 2.03. The molecule has 1 fully saturated rings. The Labute approximate surface area is 70.0 Å². The largest absolute Gasteiger partial charge is 0.311 e. The highest BCUT2D eigenvalue weighted by Crippen LogP contribution is 2.04. The Hall–Kier alpha value is -0.0800. The lowest BCUT2D eigenvalue weighted by atomic mass is 10.1. The SMILES string of the molecule is CC(C)(C)NCCN1CCC1. The fourth-order valence-electron chi connectivity index (χ4n) is 1.19. The van der Waals surface area contributed by atoms with Crippen molar-refractivity contribution in [3.8, 4) is 0 Å². The van der Waals surface area contributed by atoms with Crippen LogP contribution in [0, 0.1) is 0 Å². The Bertz CT molecular complexity index is 111. The summed E-state index contributed by atoms with van der Waals surface area (Å²) in [5, 5.41) is 3.48. The molecule has 0 spiro atoms. The van der Waals surface area contributed by atoms with E-state index in [-0.39, 0.29) is 5.54 Å². The molecule has 66 valence electrons. The van der Waals surface area contributed by atoms with Crippen molar-refractivity contribution in [2.75, 3.05) is 26.2 Å². The summed E-state index contributed by atoms with van der Waals surface area (Å²) < 4.78 is 0. The van der Waals surface area contributed by atoms with Gasteiger partial charge in [0.2, 0.25) is 0 Å². The van der Waals surface area contributed by atoms with Crippen LogP contribution >= 0.6 is 0 Å². The molecule has 0 unspecified atom stereocenters. The Kier molecular flexibility index (Phi) is 2.90. The third kappa shape index (κ3) is 3.73. The Morgan fingerprint density at radius 1 is 1.27 bits per heavy atom. The molecule has 2 heteroatoms. The predicted molar refractivity (Wildman–Crippen MR) is 48.8 cm³/mol. The summed E-state index contributed by atoms with van der Waals surface area (Å²) in [6.45, 7) is 11.6. The maximum atomic E-state index is 3.48. The van der Waals surface area contributed by atoms with Gasteiger partial charge >= 0.3 is 0 Å². The van der Waals surface area contributed by atoms with Crippen molar-refractivity contribution < 1.29 is 0 Å². The molecule has 0 bridgehead atoms. The van der Waals surface area contributed by atoms with Crippen molar-refractivity contribution in [1.29, 1.82) is 0 Å². The number of rotatable bonds is 3. The van der Waals surface area contributed by atoms with Crippen LogP contribution in [-0.4, -0.2) is 36.6 Å². The smallest absolute Gasteiger partial charge is 0.0107 e. The number of hydrogen-bond acceptors (Lipinski definition) is 2. The minimum Gasteiger partial charge on any atom is -0.311 e. The van der Waals surface area contributed by atoms with Crippen LogP contribution in [0.2, 0.25) is 0 Å². The molecule has 0 aromatic carbocycles. The van der Waals surface area contributed by atoms with Gasteiger partial charge in [0.25, 0.3) is 0 Å². The number of nitrogens with one attached hydrogen (secondary N) is 1. The molecule has 1 heterocycles. The van der Waals surface area contributed by atoms with E-state index in [9.17, 15) is 0 Å². The second kappa shape index (κ2) is 3.55. The molecule has 0 aliphatic carbocycles. The first kappa shape index (κ1) is 9.01. The first-order valence-corrected chi connectivity index (χ1v) is 4.55. The van der Waals surface area contributed by atoms with Crippen LogP contribution < -0.4 is 5.32 Å². The van der Waals surface area contributed by atoms with Crippen LogP contribution in [0.4, 0.5) is 0 Å². The number of hydrogen-bond donors (Lipinski definition) is 1. The lowest BCUT2D eigenvalue weighted by Gasteiger charge is -2.32. The van der Waals surface area contributed by atoms with E-state index >= 15 is 0 Å². The second-order valence-corrected chi connectivity index (χ2v) is 4.37. The molecule has 11 heavy (non-hydrogen) atoms.